The minimum absolute atomic E-state index is 0.463. The maximum absolute atomic E-state index is 15.4. The first-order chi connectivity index (χ1) is 17.6. The third-order valence-electron chi connectivity index (χ3n) is 6.32. The van der Waals surface area contributed by atoms with E-state index >= 15 is 4.57 Å². The molecule has 0 unspecified atom stereocenters. The molecule has 36 heavy (non-hydrogen) atoms. The second-order valence-corrected chi connectivity index (χ2v) is 15.6. The summed E-state index contributed by atoms with van der Waals surface area (Å²) in [7, 11) is -5.51. The van der Waals surface area contributed by atoms with Gasteiger partial charge in [-0.05, 0) is 48.5 Å². The fourth-order valence-electron chi connectivity index (χ4n) is 4.54. The molecule has 0 atom stereocenters. The third kappa shape index (κ3) is 5.04. The highest BCUT2D eigenvalue weighted by molar-refractivity contribution is 8.00. The molecule has 0 amide bonds. The van der Waals surface area contributed by atoms with Crippen LogP contribution in [-0.4, -0.2) is 5.90 Å². The summed E-state index contributed by atoms with van der Waals surface area (Å²) in [5, 5.41) is 8.65. The minimum Gasteiger partial charge on any atom is -0.310 e. The van der Waals surface area contributed by atoms with Gasteiger partial charge in [0.05, 0.1) is 5.69 Å². The lowest BCUT2D eigenvalue weighted by atomic mass is 10.3. The van der Waals surface area contributed by atoms with Crippen LogP contribution in [0.25, 0.3) is 0 Å². The van der Waals surface area contributed by atoms with Gasteiger partial charge >= 0.3 is 0 Å². The fraction of sp³-hybridized carbons (Fsp3) is 0.0323. The lowest BCUT2D eigenvalue weighted by Crippen LogP contribution is -2.33. The molecule has 0 saturated heterocycles. The van der Waals surface area contributed by atoms with Gasteiger partial charge in [-0.3, -0.25) is 5.09 Å². The summed E-state index contributed by atoms with van der Waals surface area (Å²) in [6, 6.07) is 48.6. The van der Waals surface area contributed by atoms with Crippen LogP contribution in [0, 0.1) is 0 Å². The van der Waals surface area contributed by atoms with Crippen LogP contribution in [0.5, 0.6) is 0 Å². The van der Waals surface area contributed by atoms with Crippen LogP contribution >= 0.6 is 26.2 Å². The largest absolute Gasteiger partial charge is 0.310 e. The predicted octanol–water partition coefficient (Wildman–Crippen LogP) is 7.31. The number of nitrogens with one attached hydrogen (secondary N) is 1. The minimum atomic E-state index is -3.06. The lowest BCUT2D eigenvalue weighted by Gasteiger charge is -2.32. The molecule has 2 nitrogen and oxygen atoms in total. The molecule has 178 valence electrons. The van der Waals surface area contributed by atoms with Gasteiger partial charge in [0.15, 0.2) is 14.6 Å². The van der Waals surface area contributed by atoms with Crippen molar-refractivity contribution in [2.75, 3.05) is 11.0 Å². The van der Waals surface area contributed by atoms with E-state index in [0.717, 1.165) is 26.9 Å². The van der Waals surface area contributed by atoms with E-state index in [1.807, 2.05) is 97.1 Å². The highest BCUT2D eigenvalue weighted by Gasteiger charge is 2.50. The molecule has 0 saturated carbocycles. The average molecular weight is 527 g/mol. The number of benzene rings is 5. The van der Waals surface area contributed by atoms with Gasteiger partial charge in [0.2, 0.25) is 0 Å². The normalized spacial score (nSPS) is 11.7. The molecule has 0 aromatic heterocycles. The van der Waals surface area contributed by atoms with Gasteiger partial charge in [-0.1, -0.05) is 109 Å². The van der Waals surface area contributed by atoms with Crippen molar-refractivity contribution in [3.05, 3.63) is 151 Å². The van der Waals surface area contributed by atoms with E-state index in [9.17, 15) is 0 Å². The molecule has 0 heterocycles. The van der Waals surface area contributed by atoms with Gasteiger partial charge in [0, 0.05) is 15.6 Å². The maximum Gasteiger partial charge on any atom is 0.181 e. The smallest absolute Gasteiger partial charge is 0.181 e. The van der Waals surface area contributed by atoms with Gasteiger partial charge in [-0.15, -0.1) is 0 Å². The Morgan fingerprint density at radius 1 is 0.556 bits per heavy atom. The Morgan fingerprint density at radius 2 is 0.944 bits per heavy atom. The Bertz CT molecular complexity index is 1360. The molecule has 0 radical (unpaired) electrons. The van der Waals surface area contributed by atoms with E-state index in [1.165, 1.54) is 0 Å². The number of hydrogen-bond acceptors (Lipinski definition) is 2. The van der Waals surface area contributed by atoms with E-state index < -0.39 is 14.6 Å². The van der Waals surface area contributed by atoms with Gasteiger partial charge < -0.3 is 4.57 Å². The first kappa shape index (κ1) is 24.5. The van der Waals surface area contributed by atoms with Crippen molar-refractivity contribution in [1.82, 2.24) is 0 Å². The molecular weight excluding hydrogens is 500 g/mol. The molecule has 5 aromatic rings. The van der Waals surface area contributed by atoms with E-state index in [2.05, 4.69) is 53.6 Å². The van der Waals surface area contributed by atoms with Crippen LogP contribution in [0.1, 0.15) is 0 Å². The van der Waals surface area contributed by atoms with Gasteiger partial charge in [0.1, 0.15) is 16.5 Å². The molecule has 1 N–H and O–H groups in total. The Kier molecular flexibility index (Phi) is 7.40. The van der Waals surface area contributed by atoms with Gasteiger partial charge in [-0.2, -0.15) is 0 Å². The van der Waals surface area contributed by atoms with Crippen molar-refractivity contribution in [2.24, 2.45) is 0 Å². The van der Waals surface area contributed by atoms with E-state index in [-0.39, 0.29) is 0 Å². The molecule has 5 rings (SSSR count). The maximum atomic E-state index is 15.4. The van der Waals surface area contributed by atoms with Crippen molar-refractivity contribution in [3.8, 4) is 0 Å². The van der Waals surface area contributed by atoms with Crippen LogP contribution in [0.15, 0.2) is 146 Å². The molecule has 0 aliphatic carbocycles. The molecule has 5 aromatic carbocycles. The van der Waals surface area contributed by atoms with Crippen molar-refractivity contribution in [3.63, 3.8) is 0 Å². The SMILES string of the molecule is O=P(C[P+](Nc1ccc(Cl)cc1)(c1ccccc1)c1ccccc1)(c1ccccc1)c1ccccc1. The summed E-state index contributed by atoms with van der Waals surface area (Å²) in [6.45, 7) is 0. The molecule has 0 aliphatic heterocycles. The monoisotopic (exact) mass is 526 g/mol. The van der Waals surface area contributed by atoms with Gasteiger partial charge in [-0.25, -0.2) is 0 Å². The quantitative estimate of drug-likeness (QED) is 0.215. The third-order valence-corrected chi connectivity index (χ3v) is 15.1. The number of hydrogen-bond donors (Lipinski definition) is 1. The molecule has 0 spiro atoms. The molecule has 0 aliphatic rings. The van der Waals surface area contributed by atoms with Crippen LogP contribution in [0.2, 0.25) is 5.02 Å². The second-order valence-electron chi connectivity index (χ2n) is 8.65. The van der Waals surface area contributed by atoms with Crippen LogP contribution < -0.4 is 26.3 Å². The standard InChI is InChI=1S/C31H27ClNOP2/c32-26-21-23-27(24-22-26)33-35(28-13-5-1-6-14-28,29-15-7-2-8-16-29)25-36(34,30-17-9-3-10-18-30)31-19-11-4-12-20-31/h1-24,33H,25H2/q+1. The molecular formula is C31H27ClNOP2+. The summed E-state index contributed by atoms with van der Waals surface area (Å²) in [6.07, 6.45) is 0. The Labute approximate surface area is 218 Å². The zero-order chi connectivity index (χ0) is 24.8. The fourth-order valence-corrected chi connectivity index (χ4v) is 14.1. The Balaban J connectivity index is 1.78. The average Bonchev–Trinajstić information content (AvgIpc) is 2.96. The summed E-state index contributed by atoms with van der Waals surface area (Å²) in [4.78, 5) is 0. The number of halogens is 1. The topological polar surface area (TPSA) is 29.1 Å². The van der Waals surface area contributed by atoms with E-state index in [0.29, 0.717) is 10.9 Å². The summed E-state index contributed by atoms with van der Waals surface area (Å²) < 4.78 is 15.4. The molecule has 0 fully saturated rings. The highest BCUT2D eigenvalue weighted by atomic mass is 35.5. The van der Waals surface area contributed by atoms with Crippen molar-refractivity contribution in [1.29, 1.82) is 0 Å². The van der Waals surface area contributed by atoms with Gasteiger partial charge in [0.25, 0.3) is 0 Å². The van der Waals surface area contributed by atoms with E-state index in [1.54, 1.807) is 0 Å². The first-order valence-electron chi connectivity index (χ1n) is 11.8. The van der Waals surface area contributed by atoms with Crippen molar-refractivity contribution in [2.45, 2.75) is 0 Å². The van der Waals surface area contributed by atoms with E-state index in [4.69, 9.17) is 11.6 Å². The second kappa shape index (κ2) is 10.9. The molecule has 0 bridgehead atoms. The predicted molar refractivity (Wildman–Crippen MR) is 159 cm³/mol. The number of rotatable bonds is 8. The lowest BCUT2D eigenvalue weighted by molar-refractivity contribution is 0.589. The number of anilines is 1. The first-order valence-corrected chi connectivity index (χ1v) is 16.1. The Hall–Kier alpha value is -3.15. The highest BCUT2D eigenvalue weighted by Crippen LogP contribution is 2.66. The van der Waals surface area contributed by atoms with Crippen LogP contribution in [0.3, 0.4) is 0 Å². The summed E-state index contributed by atoms with van der Waals surface area (Å²) in [5.74, 6) is 0.463. The van der Waals surface area contributed by atoms with Crippen LogP contribution in [-0.2, 0) is 4.57 Å². The zero-order valence-electron chi connectivity index (χ0n) is 19.7. The van der Waals surface area contributed by atoms with Crippen molar-refractivity contribution >= 4 is 53.1 Å². The summed E-state index contributed by atoms with van der Waals surface area (Å²) in [5.41, 5.74) is 0.952. The summed E-state index contributed by atoms with van der Waals surface area (Å²) >= 11 is 6.22. The van der Waals surface area contributed by atoms with Crippen LogP contribution in [0.4, 0.5) is 5.69 Å². The molecule has 5 heteroatoms. The van der Waals surface area contributed by atoms with Crippen molar-refractivity contribution < 1.29 is 4.57 Å². The Morgan fingerprint density at radius 3 is 1.36 bits per heavy atom. The zero-order valence-corrected chi connectivity index (χ0v) is 22.3.